The standard InChI is InChI=1S/C27H35N3O5S/c1-4-17-27(26(32)29-28,36(3,34)35)19-23(18-22-15-13-20(2)14-16-22)24(25(31)30-33)12-8-11-21-9-6-5-7-10-21/h5-11,13-16,18,24,33H,4,12,17,19,28H2,1-3H3,(H,29,32)(H,30,31)/b11-8?,23-18+/t24-,27+/m0/s1. The fraction of sp³-hybridized carbons (Fsp3) is 0.333. The van der Waals surface area contributed by atoms with Crippen LogP contribution in [-0.2, 0) is 19.4 Å². The van der Waals surface area contributed by atoms with E-state index in [1.54, 1.807) is 24.6 Å². The molecule has 0 aromatic heterocycles. The number of amides is 2. The summed E-state index contributed by atoms with van der Waals surface area (Å²) >= 11 is 0. The second-order valence-corrected chi connectivity index (χ2v) is 11.2. The minimum absolute atomic E-state index is 0.00736. The first kappa shape index (κ1) is 29.0. The van der Waals surface area contributed by atoms with E-state index in [0.29, 0.717) is 12.0 Å². The van der Waals surface area contributed by atoms with Gasteiger partial charge in [0.2, 0.25) is 0 Å². The maximum absolute atomic E-state index is 13.0. The molecule has 0 aliphatic rings. The maximum atomic E-state index is 13.0. The van der Waals surface area contributed by atoms with E-state index in [4.69, 9.17) is 5.84 Å². The van der Waals surface area contributed by atoms with E-state index in [9.17, 15) is 23.2 Å². The zero-order valence-electron chi connectivity index (χ0n) is 20.9. The number of hydrogen-bond donors (Lipinski definition) is 4. The lowest BCUT2D eigenvalue weighted by Crippen LogP contribution is -2.54. The highest BCUT2D eigenvalue weighted by molar-refractivity contribution is 7.92. The molecular weight excluding hydrogens is 478 g/mol. The first-order chi connectivity index (χ1) is 17.1. The molecule has 0 heterocycles. The molecule has 36 heavy (non-hydrogen) atoms. The molecule has 2 aromatic carbocycles. The van der Waals surface area contributed by atoms with Crippen molar-refractivity contribution in [1.29, 1.82) is 0 Å². The van der Waals surface area contributed by atoms with Crippen molar-refractivity contribution in [2.75, 3.05) is 6.26 Å². The number of hydrazine groups is 1. The Morgan fingerprint density at radius 1 is 1.08 bits per heavy atom. The van der Waals surface area contributed by atoms with Crippen LogP contribution in [0.2, 0.25) is 0 Å². The van der Waals surface area contributed by atoms with E-state index < -0.39 is 32.3 Å². The number of benzene rings is 2. The molecule has 8 nitrogen and oxygen atoms in total. The first-order valence-electron chi connectivity index (χ1n) is 11.7. The quantitative estimate of drug-likeness (QED) is 0.148. The van der Waals surface area contributed by atoms with E-state index in [2.05, 4.69) is 0 Å². The number of rotatable bonds is 12. The molecule has 9 heteroatoms. The summed E-state index contributed by atoms with van der Waals surface area (Å²) in [6.07, 6.45) is 6.61. The van der Waals surface area contributed by atoms with Crippen molar-refractivity contribution in [3.63, 3.8) is 0 Å². The summed E-state index contributed by atoms with van der Waals surface area (Å²) in [4.78, 5) is 25.8. The number of hydrogen-bond acceptors (Lipinski definition) is 6. The SMILES string of the molecule is CCC[C@@](C/C(=C\c1ccc(C)cc1)[C@H](CC=Cc1ccccc1)C(=O)NO)(C(=O)NN)S(C)(=O)=O. The normalized spacial score (nSPS) is 14.8. The summed E-state index contributed by atoms with van der Waals surface area (Å²) in [5, 5.41) is 9.52. The van der Waals surface area contributed by atoms with Crippen molar-refractivity contribution in [1.82, 2.24) is 10.9 Å². The molecule has 0 saturated heterocycles. The molecule has 0 aliphatic heterocycles. The third-order valence-corrected chi connectivity index (χ3v) is 8.14. The Balaban J connectivity index is 2.65. The number of carbonyl (C=O) groups excluding carboxylic acids is 2. The van der Waals surface area contributed by atoms with Gasteiger partial charge in [-0.3, -0.25) is 20.2 Å². The van der Waals surface area contributed by atoms with E-state index in [-0.39, 0.29) is 19.3 Å². The van der Waals surface area contributed by atoms with Gasteiger partial charge in [-0.1, -0.05) is 97.3 Å². The topological polar surface area (TPSA) is 139 Å². The molecular formula is C27H35N3O5S. The van der Waals surface area contributed by atoms with Gasteiger partial charge in [-0.2, -0.15) is 0 Å². The van der Waals surface area contributed by atoms with Crippen molar-refractivity contribution < 1.29 is 23.2 Å². The lowest BCUT2D eigenvalue weighted by molar-refractivity contribution is -0.132. The molecule has 2 amide bonds. The van der Waals surface area contributed by atoms with Gasteiger partial charge >= 0.3 is 0 Å². The van der Waals surface area contributed by atoms with Crippen LogP contribution >= 0.6 is 0 Å². The van der Waals surface area contributed by atoms with Gasteiger partial charge in [0.1, 0.15) is 0 Å². The summed E-state index contributed by atoms with van der Waals surface area (Å²) in [7, 11) is -3.97. The molecule has 0 spiro atoms. The summed E-state index contributed by atoms with van der Waals surface area (Å²) in [6.45, 7) is 3.71. The van der Waals surface area contributed by atoms with Crippen LogP contribution in [0.4, 0.5) is 0 Å². The Kier molecular flexibility index (Phi) is 10.6. The van der Waals surface area contributed by atoms with E-state index in [0.717, 1.165) is 22.9 Å². The predicted octanol–water partition coefficient (Wildman–Crippen LogP) is 3.57. The number of allylic oxidation sites excluding steroid dienone is 1. The fourth-order valence-corrected chi connectivity index (χ4v) is 5.59. The Labute approximate surface area is 213 Å². The first-order valence-corrected chi connectivity index (χ1v) is 13.6. The number of sulfone groups is 1. The number of aryl methyl sites for hydroxylation is 1. The molecule has 0 fully saturated rings. The van der Waals surface area contributed by atoms with E-state index >= 15 is 0 Å². The Morgan fingerprint density at radius 3 is 2.25 bits per heavy atom. The van der Waals surface area contributed by atoms with Gasteiger partial charge < -0.3 is 0 Å². The van der Waals surface area contributed by atoms with Crippen molar-refractivity contribution >= 4 is 33.8 Å². The number of nitrogens with one attached hydrogen (secondary N) is 2. The highest BCUT2D eigenvalue weighted by atomic mass is 32.2. The maximum Gasteiger partial charge on any atom is 0.255 e. The molecule has 0 bridgehead atoms. The molecule has 2 atom stereocenters. The van der Waals surface area contributed by atoms with Crippen molar-refractivity contribution in [3.8, 4) is 0 Å². The Morgan fingerprint density at radius 2 is 1.72 bits per heavy atom. The third kappa shape index (κ3) is 7.36. The molecule has 0 aliphatic carbocycles. The van der Waals surface area contributed by atoms with Crippen molar-refractivity contribution in [3.05, 3.63) is 82.9 Å². The highest BCUT2D eigenvalue weighted by Gasteiger charge is 2.48. The number of carbonyl (C=O) groups is 2. The van der Waals surface area contributed by atoms with Gasteiger partial charge in [0.25, 0.3) is 11.8 Å². The molecule has 2 rings (SSSR count). The minimum atomic E-state index is -3.97. The average molecular weight is 514 g/mol. The lowest BCUT2D eigenvalue weighted by atomic mass is 9.83. The summed E-state index contributed by atoms with van der Waals surface area (Å²) in [6, 6.07) is 16.9. The second-order valence-electron chi connectivity index (χ2n) is 8.87. The van der Waals surface area contributed by atoms with Crippen molar-refractivity contribution in [2.45, 2.75) is 44.3 Å². The van der Waals surface area contributed by atoms with Gasteiger partial charge in [-0.15, -0.1) is 0 Å². The minimum Gasteiger partial charge on any atom is -0.293 e. The molecule has 2 aromatic rings. The van der Waals surface area contributed by atoms with Crippen LogP contribution in [0.1, 0.15) is 49.3 Å². The molecule has 0 radical (unpaired) electrons. The van der Waals surface area contributed by atoms with Crippen molar-refractivity contribution in [2.24, 2.45) is 11.8 Å². The summed E-state index contributed by atoms with van der Waals surface area (Å²) in [5.41, 5.74) is 6.77. The smallest absolute Gasteiger partial charge is 0.255 e. The fourth-order valence-electron chi connectivity index (χ4n) is 4.19. The Bertz CT molecular complexity index is 1190. The van der Waals surface area contributed by atoms with Crippen LogP contribution < -0.4 is 16.7 Å². The van der Waals surface area contributed by atoms with Gasteiger partial charge in [0, 0.05) is 6.26 Å². The second kappa shape index (κ2) is 13.2. The lowest BCUT2D eigenvalue weighted by Gasteiger charge is -2.32. The Hall–Kier alpha value is -3.27. The zero-order valence-corrected chi connectivity index (χ0v) is 21.7. The summed E-state index contributed by atoms with van der Waals surface area (Å²) < 4.78 is 24.2. The van der Waals surface area contributed by atoms with E-state index in [1.807, 2.05) is 73.0 Å². The molecule has 0 unspecified atom stereocenters. The van der Waals surface area contributed by atoms with Gasteiger partial charge in [0.15, 0.2) is 14.6 Å². The zero-order chi connectivity index (χ0) is 26.8. The predicted molar refractivity (Wildman–Crippen MR) is 142 cm³/mol. The van der Waals surface area contributed by atoms with Gasteiger partial charge in [0.05, 0.1) is 5.92 Å². The molecule has 194 valence electrons. The van der Waals surface area contributed by atoms with Crippen LogP contribution in [0.3, 0.4) is 0 Å². The third-order valence-electron chi connectivity index (χ3n) is 6.18. The van der Waals surface area contributed by atoms with Crippen LogP contribution in [0, 0.1) is 12.8 Å². The average Bonchev–Trinajstić information content (AvgIpc) is 2.86. The summed E-state index contributed by atoms with van der Waals surface area (Å²) in [5.74, 6) is 2.93. The number of nitrogens with two attached hydrogens (primary N) is 1. The van der Waals surface area contributed by atoms with Gasteiger partial charge in [-0.25, -0.2) is 19.7 Å². The largest absolute Gasteiger partial charge is 0.293 e. The van der Waals surface area contributed by atoms with Crippen LogP contribution in [-0.4, -0.2) is 36.4 Å². The van der Waals surface area contributed by atoms with E-state index in [1.165, 1.54) is 0 Å². The van der Waals surface area contributed by atoms with Crippen LogP contribution in [0.5, 0.6) is 0 Å². The molecule has 0 saturated carbocycles. The highest BCUT2D eigenvalue weighted by Crippen LogP contribution is 2.36. The van der Waals surface area contributed by atoms with Crippen LogP contribution in [0.25, 0.3) is 12.2 Å². The monoisotopic (exact) mass is 513 g/mol. The van der Waals surface area contributed by atoms with Gasteiger partial charge in [-0.05, 0) is 37.3 Å². The molecule has 5 N–H and O–H groups in total. The number of hydroxylamine groups is 1. The van der Waals surface area contributed by atoms with Crippen LogP contribution in [0.15, 0.2) is 66.2 Å².